The van der Waals surface area contributed by atoms with Crippen LogP contribution in [0.3, 0.4) is 0 Å². The van der Waals surface area contributed by atoms with Gasteiger partial charge in [-0.1, -0.05) is 24.3 Å². The Morgan fingerprint density at radius 2 is 1.57 bits per heavy atom. The molecule has 0 aliphatic carbocycles. The van der Waals surface area contributed by atoms with Gasteiger partial charge in [-0.15, -0.1) is 0 Å². The maximum absolute atomic E-state index is 12.4. The number of rotatable bonds is 6. The highest BCUT2D eigenvalue weighted by Crippen LogP contribution is 2.19. The fourth-order valence-electron chi connectivity index (χ4n) is 2.74. The van der Waals surface area contributed by atoms with E-state index in [2.05, 4.69) is 9.97 Å². The number of aromatic hydroxyl groups is 1. The molecule has 0 spiro atoms. The molecule has 0 aliphatic rings. The van der Waals surface area contributed by atoms with Crippen molar-refractivity contribution in [3.8, 4) is 17.4 Å². The maximum Gasteiger partial charge on any atom is 0.308 e. The van der Waals surface area contributed by atoms with Crippen LogP contribution in [-0.4, -0.2) is 28.2 Å². The quantitative estimate of drug-likeness (QED) is 0.503. The maximum atomic E-state index is 12.4. The topological polar surface area (TPSA) is 102 Å². The van der Waals surface area contributed by atoms with E-state index in [9.17, 15) is 14.7 Å². The van der Waals surface area contributed by atoms with Crippen LogP contribution in [0, 0.1) is 0 Å². The van der Waals surface area contributed by atoms with Crippen molar-refractivity contribution in [2.24, 2.45) is 0 Å². The Kier molecular flexibility index (Phi) is 5.74. The van der Waals surface area contributed by atoms with E-state index in [0.29, 0.717) is 17.9 Å². The van der Waals surface area contributed by atoms with Crippen molar-refractivity contribution >= 4 is 5.97 Å². The van der Waals surface area contributed by atoms with Gasteiger partial charge in [-0.3, -0.25) is 9.59 Å². The number of H-pyrrole nitrogens is 1. The Labute approximate surface area is 161 Å². The molecule has 3 aromatic rings. The third kappa shape index (κ3) is 4.76. The van der Waals surface area contributed by atoms with Crippen molar-refractivity contribution in [3.05, 3.63) is 81.4 Å². The average molecular weight is 380 g/mol. The van der Waals surface area contributed by atoms with Gasteiger partial charge in [-0.25, -0.2) is 4.98 Å². The standard InChI is InChI=1S/C21H20N2O5/c1-13(24)28-17-9-5-15(6-10-17)12-19-21(26)22-18(20(25)23-19)11-14-3-7-16(27-2)8-4-14/h3-10H,11-12H2,1-2H3,(H,22,26)(H,23,25). The molecule has 28 heavy (non-hydrogen) atoms. The van der Waals surface area contributed by atoms with Gasteiger partial charge < -0.3 is 19.6 Å². The molecule has 0 saturated carbocycles. The monoisotopic (exact) mass is 380 g/mol. The number of aromatic nitrogens is 2. The Hall–Kier alpha value is -3.61. The van der Waals surface area contributed by atoms with E-state index >= 15 is 0 Å². The first-order chi connectivity index (χ1) is 13.4. The van der Waals surface area contributed by atoms with Gasteiger partial charge in [0.2, 0.25) is 5.88 Å². The van der Waals surface area contributed by atoms with Gasteiger partial charge in [0, 0.05) is 19.8 Å². The molecule has 1 heterocycles. The highest BCUT2D eigenvalue weighted by molar-refractivity contribution is 5.69. The Morgan fingerprint density at radius 1 is 1.00 bits per heavy atom. The number of hydrogen-bond acceptors (Lipinski definition) is 6. The molecule has 0 saturated heterocycles. The summed E-state index contributed by atoms with van der Waals surface area (Å²) in [5, 5.41) is 10.2. The van der Waals surface area contributed by atoms with Crippen molar-refractivity contribution in [3.63, 3.8) is 0 Å². The van der Waals surface area contributed by atoms with Gasteiger partial charge in [0.15, 0.2) is 0 Å². The smallest absolute Gasteiger partial charge is 0.308 e. The van der Waals surface area contributed by atoms with Gasteiger partial charge in [-0.2, -0.15) is 0 Å². The highest BCUT2D eigenvalue weighted by atomic mass is 16.5. The first kappa shape index (κ1) is 19.2. The summed E-state index contributed by atoms with van der Waals surface area (Å²) < 4.78 is 10.1. The second-order valence-corrected chi connectivity index (χ2v) is 6.25. The SMILES string of the molecule is COc1ccc(Cc2[nH]c(=O)c(Cc3ccc(OC(C)=O)cc3)nc2O)cc1. The number of aromatic amines is 1. The minimum Gasteiger partial charge on any atom is -0.497 e. The van der Waals surface area contributed by atoms with E-state index in [1.807, 2.05) is 24.3 Å². The molecule has 7 heteroatoms. The second kappa shape index (κ2) is 8.39. The molecule has 0 aliphatic heterocycles. The minimum absolute atomic E-state index is 0.205. The number of hydrogen-bond donors (Lipinski definition) is 2. The van der Waals surface area contributed by atoms with Crippen LogP contribution < -0.4 is 15.0 Å². The summed E-state index contributed by atoms with van der Waals surface area (Å²) in [5.41, 5.74) is 1.91. The largest absolute Gasteiger partial charge is 0.497 e. The van der Waals surface area contributed by atoms with Gasteiger partial charge in [0.25, 0.3) is 5.56 Å². The lowest BCUT2D eigenvalue weighted by molar-refractivity contribution is -0.131. The van der Waals surface area contributed by atoms with Crippen LogP contribution in [0.1, 0.15) is 29.4 Å². The lowest BCUT2D eigenvalue weighted by Gasteiger charge is -2.08. The number of benzene rings is 2. The molecule has 2 aromatic carbocycles. The normalized spacial score (nSPS) is 10.5. The minimum atomic E-state index is -0.400. The third-order valence-corrected chi connectivity index (χ3v) is 4.13. The summed E-state index contributed by atoms with van der Waals surface area (Å²) in [6, 6.07) is 14.1. The van der Waals surface area contributed by atoms with Gasteiger partial charge in [0.05, 0.1) is 12.8 Å². The number of nitrogens with zero attached hydrogens (tertiary/aromatic N) is 1. The molecule has 7 nitrogen and oxygen atoms in total. The third-order valence-electron chi connectivity index (χ3n) is 4.13. The molecule has 1 aromatic heterocycles. The predicted molar refractivity (Wildman–Crippen MR) is 103 cm³/mol. The zero-order valence-corrected chi connectivity index (χ0v) is 15.6. The van der Waals surface area contributed by atoms with Gasteiger partial charge in [-0.05, 0) is 35.4 Å². The highest BCUT2D eigenvalue weighted by Gasteiger charge is 2.12. The lowest BCUT2D eigenvalue weighted by Crippen LogP contribution is -2.18. The van der Waals surface area contributed by atoms with Crippen LogP contribution in [0.5, 0.6) is 17.4 Å². The number of carbonyl (C=O) groups is 1. The number of carbonyl (C=O) groups excluding carboxylic acids is 1. The number of methoxy groups -OCH3 is 1. The average Bonchev–Trinajstić information content (AvgIpc) is 2.67. The van der Waals surface area contributed by atoms with Crippen LogP contribution in [-0.2, 0) is 17.6 Å². The van der Waals surface area contributed by atoms with Crippen molar-refractivity contribution < 1.29 is 19.4 Å². The summed E-state index contributed by atoms with van der Waals surface area (Å²) in [5.74, 6) is 0.552. The van der Waals surface area contributed by atoms with Crippen LogP contribution >= 0.6 is 0 Å². The lowest BCUT2D eigenvalue weighted by atomic mass is 10.1. The summed E-state index contributed by atoms with van der Waals surface area (Å²) in [7, 11) is 1.59. The zero-order chi connectivity index (χ0) is 20.1. The van der Waals surface area contributed by atoms with Crippen molar-refractivity contribution in [1.29, 1.82) is 0 Å². The molecule has 0 atom stereocenters. The molecule has 0 unspecified atom stereocenters. The molecule has 3 rings (SSSR count). The molecule has 0 amide bonds. The zero-order valence-electron chi connectivity index (χ0n) is 15.6. The van der Waals surface area contributed by atoms with Crippen LogP contribution in [0.4, 0.5) is 0 Å². The van der Waals surface area contributed by atoms with Crippen LogP contribution in [0.15, 0.2) is 53.3 Å². The molecular formula is C21H20N2O5. The Bertz CT molecular complexity index is 1020. The fourth-order valence-corrected chi connectivity index (χ4v) is 2.74. The summed E-state index contributed by atoms with van der Waals surface area (Å²) in [6.07, 6.45) is 0.585. The Morgan fingerprint density at radius 3 is 2.14 bits per heavy atom. The van der Waals surface area contributed by atoms with Crippen molar-refractivity contribution in [1.82, 2.24) is 9.97 Å². The van der Waals surface area contributed by atoms with E-state index in [-0.39, 0.29) is 23.6 Å². The first-order valence-corrected chi connectivity index (χ1v) is 8.66. The van der Waals surface area contributed by atoms with Crippen molar-refractivity contribution in [2.75, 3.05) is 7.11 Å². The fraction of sp³-hybridized carbons (Fsp3) is 0.190. The van der Waals surface area contributed by atoms with Crippen LogP contribution in [0.2, 0.25) is 0 Å². The van der Waals surface area contributed by atoms with Crippen molar-refractivity contribution in [2.45, 2.75) is 19.8 Å². The Balaban J connectivity index is 1.75. The summed E-state index contributed by atoms with van der Waals surface area (Å²) in [6.45, 7) is 1.33. The van der Waals surface area contributed by atoms with E-state index in [1.165, 1.54) is 6.92 Å². The van der Waals surface area contributed by atoms with E-state index in [0.717, 1.165) is 16.9 Å². The van der Waals surface area contributed by atoms with Gasteiger partial charge >= 0.3 is 5.97 Å². The van der Waals surface area contributed by atoms with Crippen LogP contribution in [0.25, 0.3) is 0 Å². The number of ether oxygens (including phenoxy) is 2. The molecule has 0 fully saturated rings. The molecule has 0 bridgehead atoms. The molecule has 144 valence electrons. The first-order valence-electron chi connectivity index (χ1n) is 8.66. The predicted octanol–water partition coefficient (Wildman–Crippen LogP) is 2.59. The van der Waals surface area contributed by atoms with E-state index in [1.54, 1.807) is 31.4 Å². The molecule has 0 radical (unpaired) electrons. The summed E-state index contributed by atoms with van der Waals surface area (Å²) in [4.78, 5) is 30.1. The van der Waals surface area contributed by atoms with E-state index in [4.69, 9.17) is 9.47 Å². The molecule has 2 N–H and O–H groups in total. The van der Waals surface area contributed by atoms with Gasteiger partial charge in [0.1, 0.15) is 17.2 Å². The van der Waals surface area contributed by atoms with E-state index < -0.39 is 5.97 Å². The number of nitrogens with one attached hydrogen (secondary N) is 1. The number of esters is 1. The second-order valence-electron chi connectivity index (χ2n) is 6.25. The summed E-state index contributed by atoms with van der Waals surface area (Å²) >= 11 is 0. The molecular weight excluding hydrogens is 360 g/mol.